The molecule has 1 amide bonds. The molecule has 36 heavy (non-hydrogen) atoms. The Morgan fingerprint density at radius 1 is 1.14 bits per heavy atom. The Hall–Kier alpha value is -2.98. The van der Waals surface area contributed by atoms with Gasteiger partial charge in [0, 0.05) is 16.6 Å². The molecule has 4 bridgehead atoms. The molecule has 4 fully saturated rings. The van der Waals surface area contributed by atoms with Gasteiger partial charge in [-0.1, -0.05) is 15.9 Å². The van der Waals surface area contributed by atoms with E-state index in [0.29, 0.717) is 29.7 Å². The molecule has 186 valence electrons. The third kappa shape index (κ3) is 4.16. The number of carbonyl (C=O) groups is 1. The predicted octanol–water partition coefficient (Wildman–Crippen LogP) is 6.33. The van der Waals surface area contributed by atoms with Crippen molar-refractivity contribution in [2.24, 2.45) is 17.3 Å². The first-order valence-electron chi connectivity index (χ1n) is 11.8. The van der Waals surface area contributed by atoms with E-state index in [1.54, 1.807) is 24.5 Å². The van der Waals surface area contributed by atoms with Gasteiger partial charge in [-0.3, -0.25) is 14.9 Å². The summed E-state index contributed by atoms with van der Waals surface area (Å²) < 4.78 is 8.62. The number of anilines is 1. The monoisotopic (exact) mass is 571 g/mol. The lowest BCUT2D eigenvalue weighted by molar-refractivity contribution is -0.384. The van der Waals surface area contributed by atoms with Crippen LogP contribution >= 0.6 is 27.5 Å². The van der Waals surface area contributed by atoms with Crippen molar-refractivity contribution >= 4 is 44.8 Å². The zero-order valence-electron chi connectivity index (χ0n) is 19.2. The van der Waals surface area contributed by atoms with Crippen LogP contribution in [-0.2, 0) is 10.3 Å². The third-order valence-corrected chi connectivity index (χ3v) is 8.57. The summed E-state index contributed by atoms with van der Waals surface area (Å²) >= 11 is 9.41. The van der Waals surface area contributed by atoms with Gasteiger partial charge in [0.1, 0.15) is 17.8 Å². The minimum absolute atomic E-state index is 0.109. The molecular weight excluding hydrogens is 550 g/mol. The quantitative estimate of drug-likeness (QED) is 0.273. The van der Waals surface area contributed by atoms with Crippen LogP contribution in [0.5, 0.6) is 11.5 Å². The van der Waals surface area contributed by atoms with Gasteiger partial charge in [-0.15, -0.1) is 5.10 Å². The summed E-state index contributed by atoms with van der Waals surface area (Å²) in [5.41, 5.74) is -0.658. The van der Waals surface area contributed by atoms with E-state index in [1.807, 2.05) is 16.8 Å². The molecule has 0 radical (unpaired) electrons. The van der Waals surface area contributed by atoms with Crippen LogP contribution < -0.4 is 10.1 Å². The number of aromatic nitrogens is 3. The standard InChI is InChI=1S/C25H23BrClN5O4/c26-17-1-3-20(4-2-17)36-21-7-18(6-19(8-21)32(34)35)29-22(33)24-9-15-5-16(10-24)12-25(11-15,13-24)31-14-28-23(27)30-31/h1-4,6-8,14-16H,5,9-13H2,(H,29,33)/t15-,16-,24?,25?/m0/s1. The molecule has 2 atom stereocenters. The minimum Gasteiger partial charge on any atom is -0.457 e. The Morgan fingerprint density at radius 2 is 1.86 bits per heavy atom. The second kappa shape index (κ2) is 8.55. The van der Waals surface area contributed by atoms with E-state index in [-0.39, 0.29) is 28.2 Å². The number of nitro benzene ring substituents is 1. The first-order chi connectivity index (χ1) is 17.2. The fourth-order valence-corrected chi connectivity index (χ4v) is 7.33. The predicted molar refractivity (Wildman–Crippen MR) is 136 cm³/mol. The van der Waals surface area contributed by atoms with Gasteiger partial charge in [0.15, 0.2) is 0 Å². The lowest BCUT2D eigenvalue weighted by Gasteiger charge is -2.60. The summed E-state index contributed by atoms with van der Waals surface area (Å²) in [7, 11) is 0. The number of amides is 1. The van der Waals surface area contributed by atoms with Gasteiger partial charge in [-0.2, -0.15) is 0 Å². The lowest BCUT2D eigenvalue weighted by atomic mass is 9.46. The van der Waals surface area contributed by atoms with Crippen LogP contribution in [0.3, 0.4) is 0 Å². The summed E-state index contributed by atoms with van der Waals surface area (Å²) in [5.74, 6) is 1.54. The van der Waals surface area contributed by atoms with Gasteiger partial charge in [-0.05, 0) is 86.2 Å². The molecule has 4 aliphatic rings. The zero-order chi connectivity index (χ0) is 25.1. The number of nitrogens with zero attached hydrogens (tertiary/aromatic N) is 4. The highest BCUT2D eigenvalue weighted by Crippen LogP contribution is 2.64. The normalized spacial score (nSPS) is 28.2. The molecule has 7 rings (SSSR count). The lowest BCUT2D eigenvalue weighted by Crippen LogP contribution is -2.60. The fraction of sp³-hybridized carbons (Fsp3) is 0.400. The SMILES string of the molecule is O=C(Nc1cc(Oc2ccc(Br)cc2)cc([N+](=O)[O-])c1)C12C[C@@H]3C[C@@H](C1)CC(n1cnc(Cl)n1)(C3)C2. The van der Waals surface area contributed by atoms with Crippen molar-refractivity contribution in [3.05, 3.63) is 68.7 Å². The molecule has 0 spiro atoms. The minimum atomic E-state index is -0.570. The van der Waals surface area contributed by atoms with Crippen molar-refractivity contribution in [2.75, 3.05) is 5.32 Å². The van der Waals surface area contributed by atoms with E-state index in [2.05, 4.69) is 31.3 Å². The maximum absolute atomic E-state index is 13.8. The summed E-state index contributed by atoms with van der Waals surface area (Å²) in [6.45, 7) is 0. The fourth-order valence-electron chi connectivity index (χ4n) is 6.94. The Balaban J connectivity index is 1.29. The maximum atomic E-state index is 13.8. The van der Waals surface area contributed by atoms with Crippen LogP contribution in [0.1, 0.15) is 38.5 Å². The van der Waals surface area contributed by atoms with Crippen LogP contribution in [0, 0.1) is 27.4 Å². The van der Waals surface area contributed by atoms with Crippen molar-refractivity contribution < 1.29 is 14.5 Å². The van der Waals surface area contributed by atoms with Crippen LogP contribution in [-0.4, -0.2) is 25.6 Å². The number of nitro groups is 1. The van der Waals surface area contributed by atoms with E-state index in [9.17, 15) is 14.9 Å². The number of benzene rings is 2. The first kappa shape index (κ1) is 23.4. The van der Waals surface area contributed by atoms with Crippen LogP contribution in [0.4, 0.5) is 11.4 Å². The number of nitrogens with one attached hydrogen (secondary N) is 1. The van der Waals surface area contributed by atoms with E-state index >= 15 is 0 Å². The number of ether oxygens (including phenoxy) is 1. The average Bonchev–Trinajstić information content (AvgIpc) is 3.27. The molecule has 4 saturated carbocycles. The largest absolute Gasteiger partial charge is 0.457 e. The molecule has 1 heterocycles. The maximum Gasteiger partial charge on any atom is 0.275 e. The average molecular weight is 573 g/mol. The van der Waals surface area contributed by atoms with Gasteiger partial charge in [0.25, 0.3) is 5.69 Å². The van der Waals surface area contributed by atoms with Crippen LogP contribution in [0.25, 0.3) is 0 Å². The number of hydrogen-bond acceptors (Lipinski definition) is 6. The second-order valence-corrected chi connectivity index (χ2v) is 11.7. The molecule has 0 saturated heterocycles. The highest BCUT2D eigenvalue weighted by atomic mass is 79.9. The molecule has 0 unspecified atom stereocenters. The summed E-state index contributed by atoms with van der Waals surface area (Å²) in [6, 6.07) is 11.5. The Bertz CT molecular complexity index is 1350. The van der Waals surface area contributed by atoms with Gasteiger partial charge in [0.2, 0.25) is 11.2 Å². The summed E-state index contributed by atoms with van der Waals surface area (Å²) in [6.07, 6.45) is 6.96. The Morgan fingerprint density at radius 3 is 2.50 bits per heavy atom. The van der Waals surface area contributed by atoms with Gasteiger partial charge < -0.3 is 10.1 Å². The van der Waals surface area contributed by atoms with E-state index in [4.69, 9.17) is 16.3 Å². The molecule has 11 heteroatoms. The Labute approximate surface area is 220 Å². The zero-order valence-corrected chi connectivity index (χ0v) is 21.5. The number of rotatable bonds is 6. The van der Waals surface area contributed by atoms with E-state index in [0.717, 1.165) is 36.6 Å². The van der Waals surface area contributed by atoms with E-state index < -0.39 is 10.3 Å². The van der Waals surface area contributed by atoms with Crippen molar-refractivity contribution in [1.29, 1.82) is 0 Å². The molecule has 1 N–H and O–H groups in total. The summed E-state index contributed by atoms with van der Waals surface area (Å²) in [4.78, 5) is 29.1. The smallest absolute Gasteiger partial charge is 0.275 e. The molecule has 4 aliphatic carbocycles. The molecular formula is C25H23BrClN5O4. The van der Waals surface area contributed by atoms with Crippen molar-refractivity contribution in [3.8, 4) is 11.5 Å². The van der Waals surface area contributed by atoms with Crippen molar-refractivity contribution in [2.45, 2.75) is 44.1 Å². The third-order valence-electron chi connectivity index (χ3n) is 7.87. The summed E-state index contributed by atoms with van der Waals surface area (Å²) in [5, 5.41) is 19.2. The van der Waals surface area contributed by atoms with Crippen molar-refractivity contribution in [1.82, 2.24) is 14.8 Å². The number of hydrogen-bond donors (Lipinski definition) is 1. The van der Waals surface area contributed by atoms with Gasteiger partial charge >= 0.3 is 0 Å². The molecule has 0 aliphatic heterocycles. The highest BCUT2D eigenvalue weighted by molar-refractivity contribution is 9.10. The number of halogens is 2. The number of non-ortho nitro benzene ring substituents is 1. The first-order valence-corrected chi connectivity index (χ1v) is 13.0. The van der Waals surface area contributed by atoms with E-state index in [1.165, 1.54) is 12.1 Å². The molecule has 3 aromatic rings. The van der Waals surface area contributed by atoms with Crippen LogP contribution in [0.15, 0.2) is 53.3 Å². The highest BCUT2D eigenvalue weighted by Gasteiger charge is 2.61. The second-order valence-electron chi connectivity index (χ2n) is 10.4. The van der Waals surface area contributed by atoms with Gasteiger partial charge in [-0.25, -0.2) is 9.67 Å². The molecule has 1 aromatic heterocycles. The molecule has 9 nitrogen and oxygen atoms in total. The topological polar surface area (TPSA) is 112 Å². The van der Waals surface area contributed by atoms with Crippen LogP contribution in [0.2, 0.25) is 5.28 Å². The van der Waals surface area contributed by atoms with Gasteiger partial charge in [0.05, 0.1) is 27.6 Å². The Kier molecular flexibility index (Phi) is 5.56. The van der Waals surface area contributed by atoms with Crippen molar-refractivity contribution in [3.63, 3.8) is 0 Å². The number of carbonyl (C=O) groups excluding carboxylic acids is 1. The molecule has 2 aromatic carbocycles.